The summed E-state index contributed by atoms with van der Waals surface area (Å²) in [6, 6.07) is 0. The summed E-state index contributed by atoms with van der Waals surface area (Å²) in [5.74, 6) is -2.48. The van der Waals surface area contributed by atoms with E-state index < -0.39 is 61.3 Å². The van der Waals surface area contributed by atoms with Crippen molar-refractivity contribution in [2.45, 2.75) is 230 Å². The number of hydrogen-bond donors (Lipinski definition) is 4. The first-order valence-electron chi connectivity index (χ1n) is 24.3. The third-order valence-electron chi connectivity index (χ3n) is 10.9. The van der Waals surface area contributed by atoms with Crippen LogP contribution >= 0.6 is 0 Å². The number of allylic oxidation sites excluding steroid dienone is 10. The van der Waals surface area contributed by atoms with Crippen molar-refractivity contribution < 1.29 is 53.8 Å². The van der Waals surface area contributed by atoms with Gasteiger partial charge in [0.05, 0.1) is 6.61 Å². The van der Waals surface area contributed by atoms with Gasteiger partial charge in [-0.15, -0.1) is 0 Å². The van der Waals surface area contributed by atoms with Gasteiger partial charge in [0.1, 0.15) is 24.9 Å². The molecule has 0 saturated carbocycles. The third kappa shape index (κ3) is 31.7. The van der Waals surface area contributed by atoms with Crippen LogP contribution in [0, 0.1) is 0 Å². The molecule has 0 amide bonds. The van der Waals surface area contributed by atoms with Crippen molar-refractivity contribution in [2.24, 2.45) is 0 Å². The fraction of sp³-hybridized carbons (Fsp3) is 0.745. The van der Waals surface area contributed by atoms with E-state index >= 15 is 0 Å². The highest BCUT2D eigenvalue weighted by Gasteiger charge is 2.47. The molecule has 11 nitrogen and oxygen atoms in total. The predicted molar refractivity (Wildman–Crippen MR) is 247 cm³/mol. The Morgan fingerprint density at radius 3 is 1.45 bits per heavy atom. The molecule has 1 rings (SSSR count). The maximum Gasteiger partial charge on any atom is 0.335 e. The molecule has 0 bridgehead atoms. The minimum absolute atomic E-state index is 0.173. The van der Waals surface area contributed by atoms with Crippen LogP contribution in [-0.2, 0) is 33.3 Å². The van der Waals surface area contributed by atoms with Gasteiger partial charge in [-0.05, 0) is 77.0 Å². The highest BCUT2D eigenvalue weighted by Crippen LogP contribution is 2.23. The zero-order valence-electron chi connectivity index (χ0n) is 38.6. The Kier molecular flexibility index (Phi) is 37.3. The Labute approximate surface area is 375 Å². The lowest BCUT2D eigenvalue weighted by Crippen LogP contribution is -2.60. The monoisotopic (exact) mass is 875 g/mol. The molecular weight excluding hydrogens is 789 g/mol. The van der Waals surface area contributed by atoms with Gasteiger partial charge in [-0.3, -0.25) is 9.59 Å². The molecule has 62 heavy (non-hydrogen) atoms. The van der Waals surface area contributed by atoms with Crippen molar-refractivity contribution in [1.82, 2.24) is 0 Å². The Hall–Kier alpha value is -3.09. The van der Waals surface area contributed by atoms with Crippen molar-refractivity contribution in [1.29, 1.82) is 0 Å². The number of aliphatic carboxylic acids is 1. The van der Waals surface area contributed by atoms with Crippen LogP contribution in [0.25, 0.3) is 0 Å². The molecule has 0 aromatic heterocycles. The molecule has 11 heteroatoms. The Balaban J connectivity index is 2.35. The van der Waals surface area contributed by atoms with Gasteiger partial charge in [0, 0.05) is 12.8 Å². The topological polar surface area (TPSA) is 169 Å². The molecule has 0 radical (unpaired) electrons. The summed E-state index contributed by atoms with van der Waals surface area (Å²) < 4.78 is 21.8. The van der Waals surface area contributed by atoms with Gasteiger partial charge < -0.3 is 39.4 Å². The normalized spacial score (nSPS) is 20.0. The molecule has 1 aliphatic rings. The minimum Gasteiger partial charge on any atom is -0.479 e. The van der Waals surface area contributed by atoms with Crippen molar-refractivity contribution in [2.75, 3.05) is 13.2 Å². The van der Waals surface area contributed by atoms with Crippen molar-refractivity contribution >= 4 is 17.9 Å². The van der Waals surface area contributed by atoms with Crippen LogP contribution in [0.4, 0.5) is 0 Å². The average Bonchev–Trinajstić information content (AvgIpc) is 3.26. The maximum atomic E-state index is 12.8. The van der Waals surface area contributed by atoms with Crippen LogP contribution in [0.3, 0.4) is 0 Å². The Morgan fingerprint density at radius 1 is 0.516 bits per heavy atom. The standard InChI is InChI=1S/C51H86O11/c1-3-5-7-9-11-13-15-17-19-21-22-24-26-28-30-32-34-36-38-40-45(53)61-43(42-60-51-48(56)46(54)47(55)49(62-51)50(57)58)41-59-44(52)39-37-35-33-31-29-27-25-23-20-18-16-14-12-10-8-6-4-2/h6,8,12,14,17-20,25,27,43,46-49,51,54-56H,3-5,7,9-11,13,15-16,21-24,26,28-42H2,1-2H3,(H,57,58)/b8-6-,14-12-,19-17-,20-18-,27-25-. The van der Waals surface area contributed by atoms with E-state index in [9.17, 15) is 34.8 Å². The van der Waals surface area contributed by atoms with E-state index in [2.05, 4.69) is 74.6 Å². The first kappa shape index (κ1) is 56.9. The van der Waals surface area contributed by atoms with Crippen molar-refractivity contribution in [3.63, 3.8) is 0 Å². The van der Waals surface area contributed by atoms with Crippen molar-refractivity contribution in [3.05, 3.63) is 60.8 Å². The van der Waals surface area contributed by atoms with Gasteiger partial charge in [-0.25, -0.2) is 4.79 Å². The SMILES string of the molecule is CC/C=C\C/C=C\C/C=C\C/C=C\CCCCCCC(=O)OCC(COC1OC(C(=O)O)C(O)C(O)C1O)OC(=O)CCCCCCCCCCC/C=C\CCCCCCCC. The number of unbranched alkanes of at least 4 members (excludes halogenated alkanes) is 19. The maximum absolute atomic E-state index is 12.8. The average molecular weight is 875 g/mol. The zero-order chi connectivity index (χ0) is 45.3. The second-order valence-corrected chi connectivity index (χ2v) is 16.6. The number of carbonyl (C=O) groups is 3. The van der Waals surface area contributed by atoms with E-state index in [1.165, 1.54) is 83.5 Å². The summed E-state index contributed by atoms with van der Waals surface area (Å²) in [4.78, 5) is 36.9. The number of ether oxygens (including phenoxy) is 4. The lowest BCUT2D eigenvalue weighted by molar-refractivity contribution is -0.298. The van der Waals surface area contributed by atoms with Crippen molar-refractivity contribution in [3.8, 4) is 0 Å². The highest BCUT2D eigenvalue weighted by atomic mass is 16.7. The molecule has 1 saturated heterocycles. The third-order valence-corrected chi connectivity index (χ3v) is 10.9. The summed E-state index contributed by atoms with van der Waals surface area (Å²) in [7, 11) is 0. The molecule has 4 N–H and O–H groups in total. The molecule has 0 aromatic rings. The Bertz CT molecular complexity index is 1260. The van der Waals surface area contributed by atoms with Gasteiger partial charge in [-0.2, -0.15) is 0 Å². The van der Waals surface area contributed by atoms with Gasteiger partial charge in [0.15, 0.2) is 18.5 Å². The highest BCUT2D eigenvalue weighted by molar-refractivity contribution is 5.73. The lowest BCUT2D eigenvalue weighted by atomic mass is 9.99. The minimum atomic E-state index is -1.87. The number of rotatable bonds is 40. The van der Waals surface area contributed by atoms with E-state index in [0.717, 1.165) is 70.6 Å². The summed E-state index contributed by atoms with van der Waals surface area (Å²) in [6.07, 6.45) is 41.2. The zero-order valence-corrected chi connectivity index (χ0v) is 38.6. The van der Waals surface area contributed by atoms with Gasteiger partial charge in [0.25, 0.3) is 0 Å². The van der Waals surface area contributed by atoms with Gasteiger partial charge >= 0.3 is 17.9 Å². The molecule has 0 spiro atoms. The smallest absolute Gasteiger partial charge is 0.335 e. The molecule has 1 aliphatic heterocycles. The summed E-state index contributed by atoms with van der Waals surface area (Å²) >= 11 is 0. The van der Waals surface area contributed by atoms with Crippen LogP contribution in [0.1, 0.15) is 194 Å². The largest absolute Gasteiger partial charge is 0.479 e. The predicted octanol–water partition coefficient (Wildman–Crippen LogP) is 11.1. The van der Waals surface area contributed by atoms with E-state index in [1.54, 1.807) is 0 Å². The number of aliphatic hydroxyl groups excluding tert-OH is 3. The fourth-order valence-electron chi connectivity index (χ4n) is 7.04. The number of carbonyl (C=O) groups excluding carboxylic acids is 2. The van der Waals surface area contributed by atoms with Crippen LogP contribution in [0.2, 0.25) is 0 Å². The quantitative estimate of drug-likeness (QED) is 0.0263. The first-order chi connectivity index (χ1) is 30.2. The molecule has 1 heterocycles. The van der Waals surface area contributed by atoms with E-state index in [1.807, 2.05) is 0 Å². The van der Waals surface area contributed by atoms with E-state index in [0.29, 0.717) is 12.8 Å². The summed E-state index contributed by atoms with van der Waals surface area (Å²) in [5, 5.41) is 39.9. The second kappa shape index (κ2) is 40.7. The number of hydrogen-bond acceptors (Lipinski definition) is 10. The molecule has 356 valence electrons. The molecule has 0 aromatic carbocycles. The summed E-state index contributed by atoms with van der Waals surface area (Å²) in [6.45, 7) is 3.68. The molecule has 0 aliphatic carbocycles. The lowest BCUT2D eigenvalue weighted by Gasteiger charge is -2.38. The van der Waals surface area contributed by atoms with E-state index in [-0.39, 0.29) is 19.4 Å². The number of carboxylic acids is 1. The summed E-state index contributed by atoms with van der Waals surface area (Å²) in [5.41, 5.74) is 0. The fourth-order valence-corrected chi connectivity index (χ4v) is 7.04. The number of esters is 2. The van der Waals surface area contributed by atoms with Crippen LogP contribution in [0.5, 0.6) is 0 Å². The van der Waals surface area contributed by atoms with Crippen LogP contribution in [-0.4, -0.2) is 88.4 Å². The Morgan fingerprint density at radius 2 is 0.952 bits per heavy atom. The molecule has 6 atom stereocenters. The van der Waals surface area contributed by atoms with Crippen LogP contribution < -0.4 is 0 Å². The first-order valence-corrected chi connectivity index (χ1v) is 24.3. The van der Waals surface area contributed by atoms with Gasteiger partial charge in [0.2, 0.25) is 0 Å². The number of carboxylic acid groups (broad SMARTS) is 1. The van der Waals surface area contributed by atoms with Gasteiger partial charge in [-0.1, -0.05) is 164 Å². The van der Waals surface area contributed by atoms with E-state index in [4.69, 9.17) is 18.9 Å². The molecular formula is C51H86O11. The number of aliphatic hydroxyl groups is 3. The molecule has 1 fully saturated rings. The molecule has 6 unspecified atom stereocenters. The second-order valence-electron chi connectivity index (χ2n) is 16.6. The van der Waals surface area contributed by atoms with Crippen LogP contribution in [0.15, 0.2) is 60.8 Å².